The summed E-state index contributed by atoms with van der Waals surface area (Å²) in [5, 5.41) is 11.1. The second-order valence-corrected chi connectivity index (χ2v) is 11.3. The number of piperazine rings is 1. The normalized spacial score (nSPS) is 16.6. The maximum Gasteiger partial charge on any atom is 0.271 e. The summed E-state index contributed by atoms with van der Waals surface area (Å²) in [6, 6.07) is 12.3. The van der Waals surface area contributed by atoms with Crippen LogP contribution in [0.3, 0.4) is 0 Å². The van der Waals surface area contributed by atoms with Gasteiger partial charge in [-0.3, -0.25) is 25.1 Å². The molecule has 0 spiro atoms. The first kappa shape index (κ1) is 27.2. The predicted molar refractivity (Wildman–Crippen MR) is 154 cm³/mol. The third-order valence-corrected chi connectivity index (χ3v) is 8.08. The molecule has 0 atom stereocenters. The van der Waals surface area contributed by atoms with Crippen molar-refractivity contribution in [3.05, 3.63) is 70.3 Å². The monoisotopic (exact) mass is 588 g/mol. The van der Waals surface area contributed by atoms with E-state index in [1.54, 1.807) is 23.6 Å². The molecule has 202 valence electrons. The molecule has 1 aromatic carbocycles. The number of hydrogen-bond donors (Lipinski definition) is 1. The SMILES string of the molecule is CN1CCN(Cc2ccc(-c3cncc(C(=O)NN(CC4CCCC4)c4nc(C#N)ncc4Br)c3)cc2)CC1. The first-order valence-electron chi connectivity index (χ1n) is 13.4. The first-order chi connectivity index (χ1) is 19.0. The number of nitrogens with one attached hydrogen (secondary N) is 1. The molecule has 2 aromatic heterocycles. The molecule has 1 amide bonds. The summed E-state index contributed by atoms with van der Waals surface area (Å²) in [6.45, 7) is 5.92. The summed E-state index contributed by atoms with van der Waals surface area (Å²) in [5.41, 5.74) is 6.65. The molecular weight excluding hydrogens is 556 g/mol. The van der Waals surface area contributed by atoms with Crippen molar-refractivity contribution in [1.29, 1.82) is 5.26 Å². The van der Waals surface area contributed by atoms with Crippen molar-refractivity contribution < 1.29 is 4.79 Å². The summed E-state index contributed by atoms with van der Waals surface area (Å²) in [4.78, 5) is 31.0. The number of carbonyl (C=O) groups is 1. The number of amides is 1. The van der Waals surface area contributed by atoms with Gasteiger partial charge in [-0.1, -0.05) is 37.1 Å². The van der Waals surface area contributed by atoms with Gasteiger partial charge >= 0.3 is 0 Å². The largest absolute Gasteiger partial charge is 0.304 e. The lowest BCUT2D eigenvalue weighted by molar-refractivity contribution is 0.0946. The zero-order valence-corrected chi connectivity index (χ0v) is 23.8. The van der Waals surface area contributed by atoms with Gasteiger partial charge in [0.25, 0.3) is 5.91 Å². The van der Waals surface area contributed by atoms with E-state index in [9.17, 15) is 10.1 Å². The van der Waals surface area contributed by atoms with E-state index in [1.165, 1.54) is 18.4 Å². The Morgan fingerprint density at radius 1 is 1.10 bits per heavy atom. The Bertz CT molecular complexity index is 1330. The number of hydrogen-bond acceptors (Lipinski definition) is 8. The van der Waals surface area contributed by atoms with Crippen molar-refractivity contribution in [2.24, 2.45) is 5.92 Å². The molecule has 10 heteroatoms. The number of benzene rings is 1. The highest BCUT2D eigenvalue weighted by Gasteiger charge is 2.24. The molecule has 0 bridgehead atoms. The number of likely N-dealkylation sites (N-methyl/N-ethyl adjacent to an activating group) is 1. The third-order valence-electron chi connectivity index (χ3n) is 7.52. The van der Waals surface area contributed by atoms with Crippen molar-refractivity contribution in [2.45, 2.75) is 32.2 Å². The number of aromatic nitrogens is 3. The zero-order chi connectivity index (χ0) is 27.2. The number of pyridine rings is 1. The summed E-state index contributed by atoms with van der Waals surface area (Å²) in [6.07, 6.45) is 9.46. The van der Waals surface area contributed by atoms with Crippen molar-refractivity contribution in [3.63, 3.8) is 0 Å². The van der Waals surface area contributed by atoms with Crippen LogP contribution in [0.15, 0.2) is 53.4 Å². The first-order valence-corrected chi connectivity index (χ1v) is 14.2. The van der Waals surface area contributed by atoms with Crippen LogP contribution in [-0.2, 0) is 6.54 Å². The minimum atomic E-state index is -0.280. The van der Waals surface area contributed by atoms with Gasteiger partial charge in [-0.25, -0.2) is 4.98 Å². The minimum absolute atomic E-state index is 0.0543. The van der Waals surface area contributed by atoms with Crippen LogP contribution in [0.5, 0.6) is 0 Å². The summed E-state index contributed by atoms with van der Waals surface area (Å²) >= 11 is 3.49. The van der Waals surface area contributed by atoms with E-state index in [-0.39, 0.29) is 11.7 Å². The van der Waals surface area contributed by atoms with Crippen molar-refractivity contribution in [2.75, 3.05) is 44.8 Å². The second kappa shape index (κ2) is 12.6. The molecule has 5 rings (SSSR count). The highest BCUT2D eigenvalue weighted by atomic mass is 79.9. The number of hydrazine groups is 1. The van der Waals surface area contributed by atoms with Crippen molar-refractivity contribution in [3.8, 4) is 17.2 Å². The molecule has 9 nitrogen and oxygen atoms in total. The van der Waals surface area contributed by atoms with Gasteiger partial charge in [-0.05, 0) is 58.9 Å². The summed E-state index contributed by atoms with van der Waals surface area (Å²) in [5.74, 6) is 0.685. The van der Waals surface area contributed by atoms with Crippen LogP contribution in [0.2, 0.25) is 0 Å². The van der Waals surface area contributed by atoms with E-state index in [0.29, 0.717) is 28.3 Å². The van der Waals surface area contributed by atoms with E-state index in [2.05, 4.69) is 77.4 Å². The standard InChI is InChI=1S/C29H33BrN8O/c1-36-10-12-37(13-11-36)19-22-6-8-23(9-7-22)24-14-25(17-32-16-24)29(39)35-38(20-21-4-2-3-5-21)28-26(30)18-33-27(15-31)34-28/h6-9,14,16-18,21H,2-5,10-13,19-20H2,1H3,(H,35,39). The summed E-state index contributed by atoms with van der Waals surface area (Å²) < 4.78 is 0.614. The number of carbonyl (C=O) groups excluding carboxylic acids is 1. The van der Waals surface area contributed by atoms with Crippen LogP contribution in [0.25, 0.3) is 11.1 Å². The van der Waals surface area contributed by atoms with Gasteiger partial charge in [0.1, 0.15) is 6.07 Å². The van der Waals surface area contributed by atoms with Crippen LogP contribution in [0.4, 0.5) is 5.82 Å². The Labute approximate surface area is 238 Å². The minimum Gasteiger partial charge on any atom is -0.304 e. The molecule has 3 aromatic rings. The van der Waals surface area contributed by atoms with E-state index in [4.69, 9.17) is 0 Å². The maximum atomic E-state index is 13.4. The number of anilines is 1. The Balaban J connectivity index is 1.30. The Morgan fingerprint density at radius 3 is 2.56 bits per heavy atom. The van der Waals surface area contributed by atoms with Crippen LogP contribution < -0.4 is 10.4 Å². The van der Waals surface area contributed by atoms with E-state index < -0.39 is 0 Å². The smallest absolute Gasteiger partial charge is 0.271 e. The van der Waals surface area contributed by atoms with Crippen LogP contribution in [0, 0.1) is 17.2 Å². The average Bonchev–Trinajstić information content (AvgIpc) is 3.48. The fourth-order valence-electron chi connectivity index (χ4n) is 5.21. The lowest BCUT2D eigenvalue weighted by Gasteiger charge is -2.32. The van der Waals surface area contributed by atoms with Gasteiger partial charge in [0, 0.05) is 63.4 Å². The van der Waals surface area contributed by atoms with Gasteiger partial charge in [0.15, 0.2) is 5.82 Å². The van der Waals surface area contributed by atoms with E-state index in [1.807, 2.05) is 12.1 Å². The zero-order valence-electron chi connectivity index (χ0n) is 22.2. The number of nitrogens with zero attached hydrogens (tertiary/aromatic N) is 7. The van der Waals surface area contributed by atoms with Gasteiger partial charge < -0.3 is 4.90 Å². The molecule has 2 aliphatic rings. The van der Waals surface area contributed by atoms with E-state index in [0.717, 1.165) is 56.7 Å². The van der Waals surface area contributed by atoms with Gasteiger partial charge in [0.05, 0.1) is 10.0 Å². The molecule has 0 unspecified atom stereocenters. The molecular formula is C29H33BrN8O. The number of rotatable bonds is 8. The number of nitriles is 1. The topological polar surface area (TPSA) is 101 Å². The molecule has 3 heterocycles. The Hall–Kier alpha value is -3.39. The van der Waals surface area contributed by atoms with Crippen LogP contribution in [-0.4, -0.2) is 70.4 Å². The van der Waals surface area contributed by atoms with Crippen LogP contribution in [0.1, 0.15) is 47.4 Å². The quantitative estimate of drug-likeness (QED) is 0.389. The fourth-order valence-corrected chi connectivity index (χ4v) is 5.62. The molecule has 1 aliphatic heterocycles. The predicted octanol–water partition coefficient (Wildman–Crippen LogP) is 4.26. The molecule has 1 saturated carbocycles. The molecule has 1 N–H and O–H groups in total. The van der Waals surface area contributed by atoms with Crippen molar-refractivity contribution >= 4 is 27.7 Å². The van der Waals surface area contributed by atoms with Crippen molar-refractivity contribution in [1.82, 2.24) is 30.2 Å². The molecule has 1 saturated heterocycles. The molecule has 0 radical (unpaired) electrons. The van der Waals surface area contributed by atoms with Gasteiger partial charge in [0.2, 0.25) is 5.82 Å². The van der Waals surface area contributed by atoms with Gasteiger partial charge in [-0.2, -0.15) is 10.2 Å². The Morgan fingerprint density at radius 2 is 1.85 bits per heavy atom. The molecule has 2 fully saturated rings. The fraction of sp³-hybridized carbons (Fsp3) is 0.414. The molecule has 39 heavy (non-hydrogen) atoms. The second-order valence-electron chi connectivity index (χ2n) is 10.4. The lowest BCUT2D eigenvalue weighted by atomic mass is 10.0. The Kier molecular flexibility index (Phi) is 8.81. The highest BCUT2D eigenvalue weighted by molar-refractivity contribution is 9.10. The van der Waals surface area contributed by atoms with E-state index >= 15 is 0 Å². The maximum absolute atomic E-state index is 13.4. The van der Waals surface area contributed by atoms with Crippen LogP contribution >= 0.6 is 15.9 Å². The number of halogens is 1. The van der Waals surface area contributed by atoms with Gasteiger partial charge in [-0.15, -0.1) is 0 Å². The lowest BCUT2D eigenvalue weighted by Crippen LogP contribution is -2.45. The highest BCUT2D eigenvalue weighted by Crippen LogP contribution is 2.29. The average molecular weight is 590 g/mol. The molecule has 1 aliphatic carbocycles. The summed E-state index contributed by atoms with van der Waals surface area (Å²) in [7, 11) is 2.17. The third kappa shape index (κ3) is 6.98.